The van der Waals surface area contributed by atoms with Crippen LogP contribution in [-0.4, -0.2) is 80.3 Å². The quantitative estimate of drug-likeness (QED) is 0.300. The molecule has 172 valence electrons. The van der Waals surface area contributed by atoms with Crippen molar-refractivity contribution >= 4 is 13.7 Å². The average molecular weight is 451 g/mol. The van der Waals surface area contributed by atoms with E-state index in [0.717, 1.165) is 17.6 Å². The van der Waals surface area contributed by atoms with Crippen LogP contribution in [0.25, 0.3) is 0 Å². The van der Waals surface area contributed by atoms with Gasteiger partial charge in [0.2, 0.25) is 7.34 Å². The first kappa shape index (κ1) is 23.6. The van der Waals surface area contributed by atoms with Gasteiger partial charge in [-0.25, -0.2) is 4.57 Å². The van der Waals surface area contributed by atoms with E-state index in [1.807, 2.05) is 13.8 Å². The zero-order valence-corrected chi connectivity index (χ0v) is 18.4. The molecular weight excluding hydrogens is 417 g/mol. The molecule has 10 nitrogen and oxygen atoms in total. The van der Waals surface area contributed by atoms with Crippen molar-refractivity contribution in [3.8, 4) is 0 Å². The summed E-state index contributed by atoms with van der Waals surface area (Å²) in [5.74, 6) is -0.179. The summed E-state index contributed by atoms with van der Waals surface area (Å²) in [5, 5.41) is 4.67. The number of ether oxygens (including phenoxy) is 3. The molecule has 1 saturated heterocycles. The van der Waals surface area contributed by atoms with Crippen molar-refractivity contribution in [2.45, 2.75) is 51.5 Å². The number of hydrogen-bond donors (Lipinski definition) is 2. The van der Waals surface area contributed by atoms with Gasteiger partial charge in [-0.05, 0) is 24.5 Å². The number of amides is 1. The molecule has 1 unspecified atom stereocenters. The highest BCUT2D eigenvalue weighted by Crippen LogP contribution is 2.44. The Morgan fingerprint density at radius 1 is 1.30 bits per heavy atom. The molecule has 2 aliphatic heterocycles. The van der Waals surface area contributed by atoms with Crippen LogP contribution in [0.5, 0.6) is 0 Å². The van der Waals surface area contributed by atoms with E-state index in [9.17, 15) is 14.3 Å². The van der Waals surface area contributed by atoms with E-state index in [4.69, 9.17) is 24.7 Å². The van der Waals surface area contributed by atoms with Crippen LogP contribution in [0.2, 0.25) is 0 Å². The minimum absolute atomic E-state index is 0.109. The molecule has 2 aliphatic rings. The van der Waals surface area contributed by atoms with Gasteiger partial charge in [0.1, 0.15) is 12.3 Å². The van der Waals surface area contributed by atoms with E-state index in [0.29, 0.717) is 19.8 Å². The van der Waals surface area contributed by atoms with Gasteiger partial charge in [-0.3, -0.25) is 18.7 Å². The zero-order valence-electron chi connectivity index (χ0n) is 18.5. The SMILES string of the molecule is [3H]O[C@H]1C[C@H](N2C=C(C)C(=C)CC2=O)O[C@@H]1COP(=O)(O)OCCOCCOCCC. The molecule has 0 bridgehead atoms. The summed E-state index contributed by atoms with van der Waals surface area (Å²) in [5.41, 5.74) is 1.60. The van der Waals surface area contributed by atoms with Gasteiger partial charge in [0.05, 0.1) is 45.6 Å². The lowest BCUT2D eigenvalue weighted by molar-refractivity contribution is -0.140. The Bertz CT molecular complexity index is 689. The number of aliphatic hydroxyl groups is 1. The topological polar surface area (TPSA) is 124 Å². The van der Waals surface area contributed by atoms with Crippen LogP contribution in [-0.2, 0) is 32.6 Å². The Labute approximate surface area is 178 Å². The fourth-order valence-electron chi connectivity index (χ4n) is 2.93. The summed E-state index contributed by atoms with van der Waals surface area (Å²) in [6.07, 6.45) is 0.768. The average Bonchev–Trinajstić information content (AvgIpc) is 3.14. The predicted octanol–water partition coefficient (Wildman–Crippen LogP) is 1.73. The number of nitrogens with zero attached hydrogens (tertiary/aromatic N) is 1. The van der Waals surface area contributed by atoms with E-state index in [1.165, 1.54) is 4.90 Å². The third kappa shape index (κ3) is 7.86. The van der Waals surface area contributed by atoms with Gasteiger partial charge in [0.15, 0.2) is 0 Å². The molecule has 0 radical (unpaired) electrons. The van der Waals surface area contributed by atoms with Gasteiger partial charge in [0, 0.05) is 19.2 Å². The third-order valence-corrected chi connectivity index (χ3v) is 5.62. The molecule has 0 spiro atoms. The Balaban J connectivity index is 1.75. The lowest BCUT2D eigenvalue weighted by Crippen LogP contribution is -2.39. The van der Waals surface area contributed by atoms with Gasteiger partial charge in [-0.15, -0.1) is 0 Å². The molecule has 0 aromatic carbocycles. The van der Waals surface area contributed by atoms with Crippen LogP contribution >= 0.6 is 7.82 Å². The van der Waals surface area contributed by atoms with E-state index in [-0.39, 0.29) is 38.6 Å². The lowest BCUT2D eigenvalue weighted by Gasteiger charge is -2.30. The van der Waals surface area contributed by atoms with Crippen LogP contribution in [0.4, 0.5) is 0 Å². The standard InChI is InChI=1S/C19H32NO9P/c1-4-5-25-6-7-26-8-9-27-30(23,24)28-13-17-16(21)11-19(29-17)20-12-15(3)14(2)10-18(20)22/h12,16-17,19,21H,2,4-11,13H2,1,3H3,(H,23,24)/t16-,17+,19+/m0/s1/i21T. The van der Waals surface area contributed by atoms with Crippen molar-refractivity contribution in [3.63, 3.8) is 0 Å². The molecule has 30 heavy (non-hydrogen) atoms. The maximum Gasteiger partial charge on any atom is 0.472 e. The van der Waals surface area contributed by atoms with Gasteiger partial charge < -0.3 is 24.2 Å². The van der Waals surface area contributed by atoms with Crippen molar-refractivity contribution in [1.29, 1.82) is 1.43 Å². The molecule has 0 aromatic rings. The number of phosphoric ester groups is 1. The lowest BCUT2D eigenvalue weighted by atomic mass is 10.0. The summed E-state index contributed by atoms with van der Waals surface area (Å²) >= 11 is 0. The number of aliphatic hydroxyl groups excluding tert-OH is 1. The second-order valence-electron chi connectivity index (χ2n) is 7.12. The highest BCUT2D eigenvalue weighted by molar-refractivity contribution is 7.47. The first-order chi connectivity index (χ1) is 14.8. The van der Waals surface area contributed by atoms with E-state index >= 15 is 0 Å². The zero-order chi connectivity index (χ0) is 22.9. The monoisotopic (exact) mass is 451 g/mol. The molecule has 1 amide bonds. The minimum Gasteiger partial charge on any atom is -0.390 e. The second-order valence-corrected chi connectivity index (χ2v) is 8.57. The molecule has 1 fully saturated rings. The third-order valence-electron chi connectivity index (χ3n) is 4.64. The molecule has 2 N–H and O–H groups in total. The Morgan fingerprint density at radius 3 is 2.70 bits per heavy atom. The fourth-order valence-corrected chi connectivity index (χ4v) is 3.65. The number of phosphoric acid groups is 1. The maximum absolute atomic E-state index is 12.3. The van der Waals surface area contributed by atoms with Crippen LogP contribution < -0.4 is 0 Å². The van der Waals surface area contributed by atoms with Crippen LogP contribution in [0.1, 0.15) is 33.1 Å². The fraction of sp³-hybridized carbons (Fsp3) is 0.737. The number of rotatable bonds is 14. The molecule has 11 heteroatoms. The van der Waals surface area contributed by atoms with E-state index in [2.05, 4.69) is 11.7 Å². The Kier molecular flexibility index (Phi) is 9.48. The minimum atomic E-state index is -4.34. The largest absolute Gasteiger partial charge is 0.472 e. The normalized spacial score (nSPS) is 27.2. The van der Waals surface area contributed by atoms with Gasteiger partial charge in [0.25, 0.3) is 0 Å². The van der Waals surface area contributed by atoms with Crippen molar-refractivity contribution in [3.05, 3.63) is 23.9 Å². The van der Waals surface area contributed by atoms with Gasteiger partial charge >= 0.3 is 7.82 Å². The maximum atomic E-state index is 12.3. The number of allylic oxidation sites excluding steroid dienone is 1. The molecule has 0 saturated carbocycles. The predicted molar refractivity (Wildman–Crippen MR) is 107 cm³/mol. The number of carbonyl (C=O) groups is 1. The molecule has 2 rings (SSSR count). The number of hydrogen-bond acceptors (Lipinski definition) is 8. The summed E-state index contributed by atoms with van der Waals surface area (Å²) in [6.45, 7) is 8.79. The Morgan fingerprint density at radius 2 is 2.00 bits per heavy atom. The van der Waals surface area contributed by atoms with Crippen LogP contribution in [0.15, 0.2) is 23.9 Å². The first-order valence-electron chi connectivity index (χ1n) is 10.4. The van der Waals surface area contributed by atoms with Gasteiger partial charge in [-0.2, -0.15) is 0 Å². The summed E-state index contributed by atoms with van der Waals surface area (Å²) in [7, 11) is -4.34. The molecule has 2 heterocycles. The van der Waals surface area contributed by atoms with E-state index < -0.39 is 26.3 Å². The first-order valence-corrected chi connectivity index (χ1v) is 11.5. The van der Waals surface area contributed by atoms with Crippen molar-refractivity contribution in [2.75, 3.05) is 39.6 Å². The highest BCUT2D eigenvalue weighted by Gasteiger charge is 2.40. The van der Waals surface area contributed by atoms with Crippen molar-refractivity contribution in [2.24, 2.45) is 0 Å². The highest BCUT2D eigenvalue weighted by atomic mass is 31.2. The molecule has 0 aromatic heterocycles. The second kappa shape index (κ2) is 12.1. The summed E-state index contributed by atoms with van der Waals surface area (Å²) < 4.78 is 45.4. The van der Waals surface area contributed by atoms with Crippen LogP contribution in [0, 0.1) is 0 Å². The molecule has 4 atom stereocenters. The van der Waals surface area contributed by atoms with Crippen LogP contribution in [0.3, 0.4) is 0 Å². The van der Waals surface area contributed by atoms with Gasteiger partial charge in [-0.1, -0.05) is 13.5 Å². The smallest absolute Gasteiger partial charge is 0.390 e. The van der Waals surface area contributed by atoms with Crippen molar-refractivity contribution in [1.82, 2.24) is 4.90 Å². The summed E-state index contributed by atoms with van der Waals surface area (Å²) in [6, 6.07) is 0. The molecular formula is C19H32NO9P. The Hall–Kier alpha value is -1.10. The molecule has 0 aliphatic carbocycles. The summed E-state index contributed by atoms with van der Waals surface area (Å²) in [4.78, 5) is 23.6. The van der Waals surface area contributed by atoms with E-state index in [1.54, 1.807) is 6.20 Å². The van der Waals surface area contributed by atoms with Crippen molar-refractivity contribution < 1.29 is 42.6 Å². The number of carbonyl (C=O) groups excluding carboxylic acids is 1.